The number of likely N-dealkylation sites (N-methyl/N-ethyl adjacent to an activating group) is 1. The van der Waals surface area contributed by atoms with Crippen LogP contribution in [0.2, 0.25) is 0 Å². The van der Waals surface area contributed by atoms with Gasteiger partial charge >= 0.3 is 6.18 Å². The van der Waals surface area contributed by atoms with Crippen molar-refractivity contribution in [2.24, 2.45) is 0 Å². The SMILES string of the molecule is CCc1ccc(C(=O)N(CC)CC(=O)Nc2ccccc2C(F)(F)F)cc1. The molecule has 0 aliphatic rings. The van der Waals surface area contributed by atoms with Crippen LogP contribution in [-0.2, 0) is 17.4 Å². The standard InChI is InChI=1S/C20H21F3N2O2/c1-3-14-9-11-15(12-10-14)19(27)25(4-2)13-18(26)24-17-8-6-5-7-16(17)20(21,22)23/h5-12H,3-4,13H2,1-2H3,(H,24,26). The molecule has 0 unspecified atom stereocenters. The van der Waals surface area contributed by atoms with Gasteiger partial charge in [-0.15, -0.1) is 0 Å². The number of nitrogens with one attached hydrogen (secondary N) is 1. The molecule has 0 aliphatic carbocycles. The summed E-state index contributed by atoms with van der Waals surface area (Å²) in [5, 5.41) is 2.25. The minimum atomic E-state index is -4.58. The maximum atomic E-state index is 13.0. The molecule has 144 valence electrons. The quantitative estimate of drug-likeness (QED) is 0.812. The second kappa shape index (κ2) is 8.70. The Kier molecular flexibility index (Phi) is 6.60. The molecule has 2 aromatic carbocycles. The van der Waals surface area contributed by atoms with Gasteiger partial charge in [-0.2, -0.15) is 13.2 Å². The van der Waals surface area contributed by atoms with Crippen LogP contribution in [-0.4, -0.2) is 29.8 Å². The number of halogens is 3. The van der Waals surface area contributed by atoms with Crippen molar-refractivity contribution < 1.29 is 22.8 Å². The van der Waals surface area contributed by atoms with Gasteiger partial charge in [0.15, 0.2) is 0 Å². The van der Waals surface area contributed by atoms with E-state index in [1.54, 1.807) is 19.1 Å². The molecule has 27 heavy (non-hydrogen) atoms. The number of para-hydroxylation sites is 1. The number of aryl methyl sites for hydroxylation is 1. The maximum absolute atomic E-state index is 13.0. The van der Waals surface area contributed by atoms with Crippen LogP contribution in [0.15, 0.2) is 48.5 Å². The number of alkyl halides is 3. The number of anilines is 1. The number of benzene rings is 2. The summed E-state index contributed by atoms with van der Waals surface area (Å²) in [5.74, 6) is -1.04. The summed E-state index contributed by atoms with van der Waals surface area (Å²) in [6.07, 6.45) is -3.74. The van der Waals surface area contributed by atoms with Gasteiger partial charge in [0, 0.05) is 12.1 Å². The Labute approximate surface area is 156 Å². The zero-order valence-electron chi connectivity index (χ0n) is 15.1. The van der Waals surface area contributed by atoms with E-state index in [-0.39, 0.29) is 24.7 Å². The minimum Gasteiger partial charge on any atom is -0.330 e. The van der Waals surface area contributed by atoms with Crippen molar-refractivity contribution in [2.75, 3.05) is 18.4 Å². The molecule has 1 N–H and O–H groups in total. The average Bonchev–Trinajstić information content (AvgIpc) is 2.65. The summed E-state index contributed by atoms with van der Waals surface area (Å²) in [5.41, 5.74) is 0.252. The lowest BCUT2D eigenvalue weighted by Gasteiger charge is -2.21. The van der Waals surface area contributed by atoms with Gasteiger partial charge in [-0.05, 0) is 43.2 Å². The lowest BCUT2D eigenvalue weighted by Crippen LogP contribution is -2.38. The molecule has 2 rings (SSSR count). The highest BCUT2D eigenvalue weighted by molar-refractivity contribution is 5.99. The second-order valence-corrected chi connectivity index (χ2v) is 5.96. The van der Waals surface area contributed by atoms with Crippen molar-refractivity contribution in [3.8, 4) is 0 Å². The van der Waals surface area contributed by atoms with Gasteiger partial charge in [-0.1, -0.05) is 31.2 Å². The molecule has 0 atom stereocenters. The first kappa shape index (κ1) is 20.5. The molecule has 0 bridgehead atoms. The predicted molar refractivity (Wildman–Crippen MR) is 97.5 cm³/mol. The Morgan fingerprint density at radius 3 is 2.19 bits per heavy atom. The fourth-order valence-corrected chi connectivity index (χ4v) is 2.60. The van der Waals surface area contributed by atoms with E-state index in [4.69, 9.17) is 0 Å². The van der Waals surface area contributed by atoms with Crippen LogP contribution in [0.1, 0.15) is 35.3 Å². The normalized spacial score (nSPS) is 11.1. The van der Waals surface area contributed by atoms with Crippen LogP contribution in [0.3, 0.4) is 0 Å². The van der Waals surface area contributed by atoms with Crippen LogP contribution >= 0.6 is 0 Å². The van der Waals surface area contributed by atoms with Gasteiger partial charge < -0.3 is 10.2 Å². The van der Waals surface area contributed by atoms with Gasteiger partial charge in [0.25, 0.3) is 5.91 Å². The fourth-order valence-electron chi connectivity index (χ4n) is 2.60. The molecule has 0 aliphatic heterocycles. The van der Waals surface area contributed by atoms with E-state index < -0.39 is 17.6 Å². The summed E-state index contributed by atoms with van der Waals surface area (Å²) in [6, 6.07) is 11.8. The number of hydrogen-bond donors (Lipinski definition) is 1. The number of rotatable bonds is 6. The van der Waals surface area contributed by atoms with Crippen LogP contribution in [0, 0.1) is 0 Å². The summed E-state index contributed by atoms with van der Waals surface area (Å²) < 4.78 is 39.1. The van der Waals surface area contributed by atoms with Gasteiger partial charge in [-0.25, -0.2) is 0 Å². The largest absolute Gasteiger partial charge is 0.418 e. The summed E-state index contributed by atoms with van der Waals surface area (Å²) in [7, 11) is 0. The summed E-state index contributed by atoms with van der Waals surface area (Å²) in [6.45, 7) is 3.62. The van der Waals surface area contributed by atoms with Crippen molar-refractivity contribution in [2.45, 2.75) is 26.4 Å². The van der Waals surface area contributed by atoms with E-state index in [1.165, 1.54) is 23.1 Å². The van der Waals surface area contributed by atoms with Crippen LogP contribution in [0.5, 0.6) is 0 Å². The highest BCUT2D eigenvalue weighted by Crippen LogP contribution is 2.34. The molecular formula is C20H21F3N2O2. The van der Waals surface area contributed by atoms with Crippen molar-refractivity contribution in [3.63, 3.8) is 0 Å². The van der Waals surface area contributed by atoms with E-state index in [9.17, 15) is 22.8 Å². The Bertz CT molecular complexity index is 802. The van der Waals surface area contributed by atoms with Crippen molar-refractivity contribution in [3.05, 3.63) is 65.2 Å². The molecule has 0 aromatic heterocycles. The Morgan fingerprint density at radius 1 is 1.00 bits per heavy atom. The number of nitrogens with zero attached hydrogens (tertiary/aromatic N) is 1. The first-order chi connectivity index (χ1) is 12.8. The van der Waals surface area contributed by atoms with Crippen molar-refractivity contribution >= 4 is 17.5 Å². The van der Waals surface area contributed by atoms with Crippen molar-refractivity contribution in [1.29, 1.82) is 0 Å². The van der Waals surface area contributed by atoms with E-state index >= 15 is 0 Å². The zero-order chi connectivity index (χ0) is 20.0. The molecule has 0 saturated carbocycles. The highest BCUT2D eigenvalue weighted by Gasteiger charge is 2.33. The van der Waals surface area contributed by atoms with Crippen LogP contribution in [0.25, 0.3) is 0 Å². The van der Waals surface area contributed by atoms with Gasteiger partial charge in [-0.3, -0.25) is 9.59 Å². The summed E-state index contributed by atoms with van der Waals surface area (Å²) >= 11 is 0. The molecule has 0 saturated heterocycles. The monoisotopic (exact) mass is 378 g/mol. The van der Waals surface area contributed by atoms with E-state index in [2.05, 4.69) is 5.32 Å². The third-order valence-electron chi connectivity index (χ3n) is 4.12. The molecule has 0 fully saturated rings. The van der Waals surface area contributed by atoms with Crippen LogP contribution in [0.4, 0.5) is 18.9 Å². The van der Waals surface area contributed by atoms with Crippen LogP contribution < -0.4 is 5.32 Å². The number of carbonyl (C=O) groups is 2. The Hall–Kier alpha value is -2.83. The Morgan fingerprint density at radius 2 is 1.63 bits per heavy atom. The molecule has 0 heterocycles. The van der Waals surface area contributed by atoms with Gasteiger partial charge in [0.05, 0.1) is 11.3 Å². The third-order valence-corrected chi connectivity index (χ3v) is 4.12. The third kappa shape index (κ3) is 5.32. The van der Waals surface area contributed by atoms with Gasteiger partial charge in [0.1, 0.15) is 6.54 Å². The van der Waals surface area contributed by atoms with Crippen molar-refractivity contribution in [1.82, 2.24) is 4.90 Å². The molecule has 7 heteroatoms. The molecular weight excluding hydrogens is 357 g/mol. The topological polar surface area (TPSA) is 49.4 Å². The zero-order valence-corrected chi connectivity index (χ0v) is 15.1. The van der Waals surface area contributed by atoms with E-state index in [1.807, 2.05) is 19.1 Å². The number of amides is 2. The maximum Gasteiger partial charge on any atom is 0.418 e. The molecule has 2 amide bonds. The lowest BCUT2D eigenvalue weighted by molar-refractivity contribution is -0.137. The number of hydrogen-bond acceptors (Lipinski definition) is 2. The average molecular weight is 378 g/mol. The minimum absolute atomic E-state index is 0.253. The summed E-state index contributed by atoms with van der Waals surface area (Å²) in [4.78, 5) is 26.1. The smallest absolute Gasteiger partial charge is 0.330 e. The lowest BCUT2D eigenvalue weighted by atomic mass is 10.1. The molecule has 2 aromatic rings. The van der Waals surface area contributed by atoms with E-state index in [0.29, 0.717) is 5.56 Å². The second-order valence-electron chi connectivity index (χ2n) is 5.96. The number of carbonyl (C=O) groups excluding carboxylic acids is 2. The Balaban J connectivity index is 2.10. The molecule has 4 nitrogen and oxygen atoms in total. The first-order valence-electron chi connectivity index (χ1n) is 8.60. The highest BCUT2D eigenvalue weighted by atomic mass is 19.4. The van der Waals surface area contributed by atoms with E-state index in [0.717, 1.165) is 18.1 Å². The molecule has 0 spiro atoms. The predicted octanol–water partition coefficient (Wildman–Crippen LogP) is 4.37. The first-order valence-corrected chi connectivity index (χ1v) is 8.60. The fraction of sp³-hybridized carbons (Fsp3) is 0.300. The van der Waals surface area contributed by atoms with Gasteiger partial charge in [0.2, 0.25) is 5.91 Å². The molecule has 0 radical (unpaired) electrons.